The fourth-order valence-corrected chi connectivity index (χ4v) is 1.75. The molecule has 0 aliphatic rings. The molecule has 1 aromatic rings. The van der Waals surface area contributed by atoms with Gasteiger partial charge < -0.3 is 14.6 Å². The summed E-state index contributed by atoms with van der Waals surface area (Å²) < 4.78 is 11.1. The minimum Gasteiger partial charge on any atom is -0.481 e. The standard InChI is InChI=1S/C13H15IO5/c1-13(2,3)19-11(15)7-18-10-6-8(12(16)17)4-5-9(10)14/h4-6H,7H2,1-3H3,(H,16,17). The summed E-state index contributed by atoms with van der Waals surface area (Å²) in [7, 11) is 0. The van der Waals surface area contributed by atoms with Gasteiger partial charge in [-0.05, 0) is 61.6 Å². The molecule has 1 aromatic carbocycles. The maximum absolute atomic E-state index is 11.5. The summed E-state index contributed by atoms with van der Waals surface area (Å²) in [6.45, 7) is 5.04. The highest BCUT2D eigenvalue weighted by atomic mass is 127. The van der Waals surface area contributed by atoms with E-state index in [2.05, 4.69) is 0 Å². The first-order valence-electron chi connectivity index (χ1n) is 5.56. The normalized spacial score (nSPS) is 10.9. The van der Waals surface area contributed by atoms with E-state index in [1.807, 2.05) is 22.6 Å². The third kappa shape index (κ3) is 5.46. The predicted octanol–water partition coefficient (Wildman–Crippen LogP) is 2.71. The second-order valence-corrected chi connectivity index (χ2v) is 5.99. The van der Waals surface area contributed by atoms with Crippen molar-refractivity contribution in [1.29, 1.82) is 0 Å². The van der Waals surface area contributed by atoms with Crippen LogP contribution in [0.3, 0.4) is 0 Å². The van der Waals surface area contributed by atoms with Crippen LogP contribution >= 0.6 is 22.6 Å². The van der Waals surface area contributed by atoms with Gasteiger partial charge in [-0.3, -0.25) is 0 Å². The molecule has 0 fully saturated rings. The number of aromatic carboxylic acids is 1. The molecule has 0 atom stereocenters. The molecule has 0 heterocycles. The maximum Gasteiger partial charge on any atom is 0.344 e. The Morgan fingerprint density at radius 3 is 2.47 bits per heavy atom. The molecule has 0 bridgehead atoms. The fraction of sp³-hybridized carbons (Fsp3) is 0.385. The Hall–Kier alpha value is -1.31. The maximum atomic E-state index is 11.5. The van der Waals surface area contributed by atoms with Crippen molar-refractivity contribution >= 4 is 34.5 Å². The molecular formula is C13H15IO5. The summed E-state index contributed by atoms with van der Waals surface area (Å²) in [5.41, 5.74) is -0.462. The highest BCUT2D eigenvalue weighted by Crippen LogP contribution is 2.22. The van der Waals surface area contributed by atoms with Gasteiger partial charge in [-0.1, -0.05) is 0 Å². The lowest BCUT2D eigenvalue weighted by molar-refractivity contribution is -0.157. The number of rotatable bonds is 4. The van der Waals surface area contributed by atoms with E-state index in [1.165, 1.54) is 12.1 Å². The van der Waals surface area contributed by atoms with Gasteiger partial charge in [-0.2, -0.15) is 0 Å². The van der Waals surface area contributed by atoms with E-state index in [4.69, 9.17) is 14.6 Å². The van der Waals surface area contributed by atoms with Crippen LogP contribution in [0.5, 0.6) is 5.75 Å². The fourth-order valence-electron chi connectivity index (χ4n) is 1.25. The Morgan fingerprint density at radius 1 is 1.32 bits per heavy atom. The van der Waals surface area contributed by atoms with Crippen molar-refractivity contribution in [2.45, 2.75) is 26.4 Å². The Labute approximate surface area is 125 Å². The van der Waals surface area contributed by atoms with E-state index >= 15 is 0 Å². The smallest absolute Gasteiger partial charge is 0.344 e. The molecule has 1 N–H and O–H groups in total. The monoisotopic (exact) mass is 378 g/mol. The largest absolute Gasteiger partial charge is 0.481 e. The summed E-state index contributed by atoms with van der Waals surface area (Å²) in [6, 6.07) is 4.48. The molecule has 0 aromatic heterocycles. The van der Waals surface area contributed by atoms with Gasteiger partial charge in [0.2, 0.25) is 0 Å². The zero-order valence-corrected chi connectivity index (χ0v) is 13.1. The van der Waals surface area contributed by atoms with Crippen LogP contribution in [-0.4, -0.2) is 29.3 Å². The van der Waals surface area contributed by atoms with Crippen LogP contribution in [0.15, 0.2) is 18.2 Å². The number of carboxylic acids is 1. The van der Waals surface area contributed by atoms with Gasteiger partial charge in [0.1, 0.15) is 11.4 Å². The van der Waals surface area contributed by atoms with Crippen molar-refractivity contribution in [3.63, 3.8) is 0 Å². The van der Waals surface area contributed by atoms with Crippen LogP contribution in [0.1, 0.15) is 31.1 Å². The second kappa shape index (κ2) is 6.23. The van der Waals surface area contributed by atoms with Gasteiger partial charge in [-0.25, -0.2) is 9.59 Å². The molecule has 0 aliphatic carbocycles. The SMILES string of the molecule is CC(C)(C)OC(=O)COc1cc(C(=O)O)ccc1I. The molecule has 0 radical (unpaired) electrons. The second-order valence-electron chi connectivity index (χ2n) is 4.83. The molecule has 0 amide bonds. The van der Waals surface area contributed by atoms with E-state index in [9.17, 15) is 9.59 Å². The molecule has 0 spiro atoms. The summed E-state index contributed by atoms with van der Waals surface area (Å²) in [5, 5.41) is 8.88. The van der Waals surface area contributed by atoms with Crippen LogP contribution in [0.2, 0.25) is 0 Å². The number of esters is 1. The molecule has 6 heteroatoms. The highest BCUT2D eigenvalue weighted by molar-refractivity contribution is 14.1. The van der Waals surface area contributed by atoms with Gasteiger partial charge in [0.05, 0.1) is 9.13 Å². The van der Waals surface area contributed by atoms with Crippen LogP contribution < -0.4 is 4.74 Å². The van der Waals surface area contributed by atoms with Gasteiger partial charge >= 0.3 is 11.9 Å². The van der Waals surface area contributed by atoms with Crippen molar-refractivity contribution < 1.29 is 24.2 Å². The van der Waals surface area contributed by atoms with Crippen molar-refractivity contribution in [3.8, 4) is 5.75 Å². The molecule has 0 aliphatic heterocycles. The lowest BCUT2D eigenvalue weighted by Gasteiger charge is -2.19. The van der Waals surface area contributed by atoms with Crippen LogP contribution in [0.25, 0.3) is 0 Å². The molecule has 0 unspecified atom stereocenters. The number of hydrogen-bond donors (Lipinski definition) is 1. The third-order valence-corrected chi connectivity index (χ3v) is 2.83. The zero-order valence-electron chi connectivity index (χ0n) is 10.9. The molecule has 104 valence electrons. The van der Waals surface area contributed by atoms with Crippen LogP contribution in [0, 0.1) is 3.57 Å². The first-order chi connectivity index (χ1) is 8.69. The van der Waals surface area contributed by atoms with Crippen molar-refractivity contribution in [2.75, 3.05) is 6.61 Å². The average molecular weight is 378 g/mol. The van der Waals surface area contributed by atoms with E-state index in [1.54, 1.807) is 26.8 Å². The first kappa shape index (κ1) is 15.7. The number of carboxylic acid groups (broad SMARTS) is 1. The van der Waals surface area contributed by atoms with Gasteiger partial charge in [0.15, 0.2) is 6.61 Å². The first-order valence-corrected chi connectivity index (χ1v) is 6.64. The topological polar surface area (TPSA) is 72.8 Å². The summed E-state index contributed by atoms with van der Waals surface area (Å²) in [5.74, 6) is -1.19. The Morgan fingerprint density at radius 2 is 1.95 bits per heavy atom. The van der Waals surface area contributed by atoms with Crippen molar-refractivity contribution in [3.05, 3.63) is 27.3 Å². The minimum absolute atomic E-state index is 0.111. The molecule has 1 rings (SSSR count). The lowest BCUT2D eigenvalue weighted by atomic mass is 10.2. The minimum atomic E-state index is -1.04. The molecule has 5 nitrogen and oxygen atoms in total. The highest BCUT2D eigenvalue weighted by Gasteiger charge is 2.17. The van der Waals surface area contributed by atoms with Gasteiger partial charge in [0.25, 0.3) is 0 Å². The number of carbonyl (C=O) groups excluding carboxylic acids is 1. The van der Waals surface area contributed by atoms with Gasteiger partial charge in [-0.15, -0.1) is 0 Å². The van der Waals surface area contributed by atoms with E-state index in [0.29, 0.717) is 5.75 Å². The summed E-state index contributed by atoms with van der Waals surface area (Å²) in [6.07, 6.45) is 0. The van der Waals surface area contributed by atoms with Crippen molar-refractivity contribution in [1.82, 2.24) is 0 Å². The van der Waals surface area contributed by atoms with Crippen LogP contribution in [-0.2, 0) is 9.53 Å². The number of halogens is 1. The summed E-state index contributed by atoms with van der Waals surface area (Å²) >= 11 is 2.01. The zero-order chi connectivity index (χ0) is 14.6. The van der Waals surface area contributed by atoms with Crippen molar-refractivity contribution in [2.24, 2.45) is 0 Å². The summed E-state index contributed by atoms with van der Waals surface area (Å²) in [4.78, 5) is 22.3. The molecule has 19 heavy (non-hydrogen) atoms. The quantitative estimate of drug-likeness (QED) is 0.645. The molecular weight excluding hydrogens is 363 g/mol. The van der Waals surface area contributed by atoms with E-state index in [-0.39, 0.29) is 12.2 Å². The van der Waals surface area contributed by atoms with E-state index < -0.39 is 17.5 Å². The number of benzene rings is 1. The molecule has 0 saturated carbocycles. The third-order valence-electron chi connectivity index (χ3n) is 1.94. The number of hydrogen-bond acceptors (Lipinski definition) is 4. The Balaban J connectivity index is 2.70. The number of carbonyl (C=O) groups is 2. The van der Waals surface area contributed by atoms with Gasteiger partial charge in [0, 0.05) is 0 Å². The average Bonchev–Trinajstić information content (AvgIpc) is 2.25. The Kier molecular flexibility index (Phi) is 5.16. The predicted molar refractivity (Wildman–Crippen MR) is 77.5 cm³/mol. The molecule has 0 saturated heterocycles. The Bertz CT molecular complexity index is 490. The number of ether oxygens (including phenoxy) is 2. The lowest BCUT2D eigenvalue weighted by Crippen LogP contribution is -2.27. The van der Waals surface area contributed by atoms with E-state index in [0.717, 1.165) is 3.57 Å². The van der Waals surface area contributed by atoms with Crippen LogP contribution in [0.4, 0.5) is 0 Å².